The molecule has 2 aliphatic heterocycles. The molecule has 2 heterocycles. The average Bonchev–Trinajstić information content (AvgIpc) is 2.36. The fourth-order valence-electron chi connectivity index (χ4n) is 5.44. The van der Waals surface area contributed by atoms with E-state index in [-0.39, 0.29) is 0 Å². The summed E-state index contributed by atoms with van der Waals surface area (Å²) in [5, 5.41) is 7.65. The van der Waals surface area contributed by atoms with Gasteiger partial charge < -0.3 is 10.6 Å². The lowest BCUT2D eigenvalue weighted by Crippen LogP contribution is -2.53. The maximum Gasteiger partial charge on any atom is 0.00749 e. The van der Waals surface area contributed by atoms with Gasteiger partial charge in [-0.05, 0) is 75.2 Å². The quantitative estimate of drug-likeness (QED) is 0.796. The SMILES string of the molecule is CC1NC(CC(C)(C)[C@@H]2CCCN[C@@H]2C)CCC1C(C)(C)C. The largest absolute Gasteiger partial charge is 0.314 e. The molecule has 3 unspecified atom stereocenters. The Morgan fingerprint density at radius 2 is 1.55 bits per heavy atom. The van der Waals surface area contributed by atoms with E-state index in [0.717, 1.165) is 11.8 Å². The van der Waals surface area contributed by atoms with Crippen molar-refractivity contribution in [3.8, 4) is 0 Å². The van der Waals surface area contributed by atoms with E-state index < -0.39 is 0 Å². The van der Waals surface area contributed by atoms with Gasteiger partial charge in [-0.1, -0.05) is 34.6 Å². The van der Waals surface area contributed by atoms with Gasteiger partial charge in [0.15, 0.2) is 0 Å². The molecule has 2 rings (SSSR count). The summed E-state index contributed by atoms with van der Waals surface area (Å²) in [6, 6.07) is 2.03. The summed E-state index contributed by atoms with van der Waals surface area (Å²) in [7, 11) is 0. The van der Waals surface area contributed by atoms with Crippen molar-refractivity contribution < 1.29 is 0 Å². The molecule has 0 aromatic heterocycles. The topological polar surface area (TPSA) is 24.1 Å². The Kier molecular flexibility index (Phi) is 5.65. The summed E-state index contributed by atoms with van der Waals surface area (Å²) in [5.74, 6) is 1.63. The van der Waals surface area contributed by atoms with E-state index >= 15 is 0 Å². The zero-order valence-corrected chi connectivity index (χ0v) is 16.1. The van der Waals surface area contributed by atoms with Crippen molar-refractivity contribution in [3.63, 3.8) is 0 Å². The summed E-state index contributed by atoms with van der Waals surface area (Å²) >= 11 is 0. The Hall–Kier alpha value is -0.0800. The molecule has 2 fully saturated rings. The maximum absolute atomic E-state index is 3.96. The lowest BCUT2D eigenvalue weighted by atomic mass is 9.66. The standard InChI is InChI=1S/C20H40N2/c1-14-18(9-8-12-21-14)20(6,7)13-16-10-11-17(15(2)22-16)19(3,4)5/h14-18,21-22H,8-13H2,1-7H3/t14-,15?,16?,17?,18-/m1/s1. The molecule has 2 aliphatic rings. The molecule has 0 aliphatic carbocycles. The monoisotopic (exact) mass is 308 g/mol. The third-order valence-corrected chi connectivity index (χ3v) is 6.58. The van der Waals surface area contributed by atoms with Gasteiger partial charge in [0.05, 0.1) is 0 Å². The Morgan fingerprint density at radius 3 is 2.09 bits per heavy atom. The number of piperidine rings is 2. The first-order valence-corrected chi connectivity index (χ1v) is 9.60. The smallest absolute Gasteiger partial charge is 0.00749 e. The molecule has 0 spiro atoms. The Bertz CT molecular complexity index is 355. The van der Waals surface area contributed by atoms with Crippen LogP contribution in [-0.4, -0.2) is 24.7 Å². The molecule has 130 valence electrons. The molecular formula is C20H40N2. The minimum absolute atomic E-state index is 0.425. The van der Waals surface area contributed by atoms with Crippen LogP contribution in [0.4, 0.5) is 0 Å². The van der Waals surface area contributed by atoms with Crippen molar-refractivity contribution >= 4 is 0 Å². The van der Waals surface area contributed by atoms with E-state index in [1.54, 1.807) is 0 Å². The summed E-state index contributed by atoms with van der Waals surface area (Å²) in [6.07, 6.45) is 6.80. The van der Waals surface area contributed by atoms with Crippen LogP contribution in [0.3, 0.4) is 0 Å². The minimum atomic E-state index is 0.425. The van der Waals surface area contributed by atoms with Crippen molar-refractivity contribution in [1.82, 2.24) is 10.6 Å². The van der Waals surface area contributed by atoms with Gasteiger partial charge >= 0.3 is 0 Å². The van der Waals surface area contributed by atoms with Gasteiger partial charge in [-0.2, -0.15) is 0 Å². The van der Waals surface area contributed by atoms with Gasteiger partial charge in [0.25, 0.3) is 0 Å². The Morgan fingerprint density at radius 1 is 0.864 bits per heavy atom. The van der Waals surface area contributed by atoms with Gasteiger partial charge in [0, 0.05) is 18.1 Å². The molecule has 0 saturated carbocycles. The molecule has 2 nitrogen and oxygen atoms in total. The second-order valence-electron chi connectivity index (χ2n) is 9.89. The maximum atomic E-state index is 3.96. The van der Waals surface area contributed by atoms with Gasteiger partial charge in [-0.3, -0.25) is 0 Å². The van der Waals surface area contributed by atoms with Crippen LogP contribution in [-0.2, 0) is 0 Å². The number of hydrogen-bond acceptors (Lipinski definition) is 2. The minimum Gasteiger partial charge on any atom is -0.314 e. The summed E-state index contributed by atoms with van der Waals surface area (Å²) < 4.78 is 0. The molecule has 2 heteroatoms. The van der Waals surface area contributed by atoms with Crippen molar-refractivity contribution in [3.05, 3.63) is 0 Å². The van der Waals surface area contributed by atoms with Crippen molar-refractivity contribution in [2.45, 2.75) is 98.7 Å². The molecule has 0 aromatic carbocycles. The first-order valence-electron chi connectivity index (χ1n) is 9.60. The van der Waals surface area contributed by atoms with Crippen LogP contribution in [0.5, 0.6) is 0 Å². The van der Waals surface area contributed by atoms with Crippen molar-refractivity contribution in [2.75, 3.05) is 6.54 Å². The molecule has 2 N–H and O–H groups in total. The average molecular weight is 309 g/mol. The van der Waals surface area contributed by atoms with Crippen LogP contribution in [0.2, 0.25) is 0 Å². The lowest BCUT2D eigenvalue weighted by Gasteiger charge is -2.47. The highest BCUT2D eigenvalue weighted by Gasteiger charge is 2.40. The third-order valence-electron chi connectivity index (χ3n) is 6.58. The van der Waals surface area contributed by atoms with Gasteiger partial charge in [0.1, 0.15) is 0 Å². The summed E-state index contributed by atoms with van der Waals surface area (Å²) in [5.41, 5.74) is 0.855. The van der Waals surface area contributed by atoms with Crippen molar-refractivity contribution in [1.29, 1.82) is 0 Å². The number of rotatable bonds is 3. The molecular weight excluding hydrogens is 268 g/mol. The number of hydrogen-bond donors (Lipinski definition) is 2. The summed E-state index contributed by atoms with van der Waals surface area (Å²) in [6.45, 7) is 18.2. The van der Waals surface area contributed by atoms with E-state index in [2.05, 4.69) is 59.1 Å². The fraction of sp³-hybridized carbons (Fsp3) is 1.00. The molecule has 0 amide bonds. The molecule has 5 atom stereocenters. The van der Waals surface area contributed by atoms with Crippen LogP contribution < -0.4 is 10.6 Å². The molecule has 2 saturated heterocycles. The van der Waals surface area contributed by atoms with Crippen LogP contribution in [0.15, 0.2) is 0 Å². The highest BCUT2D eigenvalue weighted by molar-refractivity contribution is 4.95. The van der Waals surface area contributed by atoms with Gasteiger partial charge in [0.2, 0.25) is 0 Å². The molecule has 0 radical (unpaired) electrons. The Balaban J connectivity index is 1.93. The molecule has 22 heavy (non-hydrogen) atoms. The van der Waals surface area contributed by atoms with Gasteiger partial charge in [-0.25, -0.2) is 0 Å². The Labute approximate surface area is 139 Å². The van der Waals surface area contributed by atoms with E-state index in [9.17, 15) is 0 Å². The number of nitrogens with one attached hydrogen (secondary N) is 2. The lowest BCUT2D eigenvalue weighted by molar-refractivity contribution is 0.0718. The highest BCUT2D eigenvalue weighted by atomic mass is 15.0. The van der Waals surface area contributed by atoms with E-state index in [4.69, 9.17) is 0 Å². The van der Waals surface area contributed by atoms with Gasteiger partial charge in [-0.15, -0.1) is 0 Å². The predicted octanol–water partition coefficient (Wildman–Crippen LogP) is 4.59. The van der Waals surface area contributed by atoms with E-state index in [1.165, 1.54) is 38.6 Å². The predicted molar refractivity (Wildman–Crippen MR) is 97.2 cm³/mol. The van der Waals surface area contributed by atoms with Crippen molar-refractivity contribution in [2.24, 2.45) is 22.7 Å². The van der Waals surface area contributed by atoms with E-state index in [1.807, 2.05) is 0 Å². The molecule has 0 bridgehead atoms. The summed E-state index contributed by atoms with van der Waals surface area (Å²) in [4.78, 5) is 0. The first kappa shape index (κ1) is 18.3. The second-order valence-corrected chi connectivity index (χ2v) is 9.89. The molecule has 0 aromatic rings. The van der Waals surface area contributed by atoms with Crippen LogP contribution in [0.25, 0.3) is 0 Å². The highest BCUT2D eigenvalue weighted by Crippen LogP contribution is 2.42. The van der Waals surface area contributed by atoms with Crippen LogP contribution in [0, 0.1) is 22.7 Å². The normalized spacial score (nSPS) is 38.0. The third kappa shape index (κ3) is 4.26. The zero-order valence-electron chi connectivity index (χ0n) is 16.1. The van der Waals surface area contributed by atoms with Crippen LogP contribution in [0.1, 0.15) is 80.6 Å². The van der Waals surface area contributed by atoms with E-state index in [0.29, 0.717) is 29.0 Å². The fourth-order valence-corrected chi connectivity index (χ4v) is 5.44. The second kappa shape index (κ2) is 6.81. The first-order chi connectivity index (χ1) is 10.1. The van der Waals surface area contributed by atoms with Crippen LogP contribution >= 0.6 is 0 Å². The zero-order chi connectivity index (χ0) is 16.5.